The van der Waals surface area contributed by atoms with Crippen molar-refractivity contribution < 1.29 is 14.6 Å². The van der Waals surface area contributed by atoms with E-state index in [1.165, 1.54) is 0 Å². The SMILES string of the molecule is COc1ccc(C(C)(C)C)cc1NC(=O)CN1CCN(CCO)CC1. The molecule has 6 nitrogen and oxygen atoms in total. The largest absolute Gasteiger partial charge is 0.495 e. The second-order valence-corrected chi connectivity index (χ2v) is 7.55. The Bertz CT molecular complexity index is 576. The molecule has 0 spiro atoms. The molecule has 1 aromatic carbocycles. The molecular weight excluding hydrogens is 318 g/mol. The van der Waals surface area contributed by atoms with Gasteiger partial charge in [0.2, 0.25) is 5.91 Å². The summed E-state index contributed by atoms with van der Waals surface area (Å²) < 4.78 is 5.39. The zero-order valence-corrected chi connectivity index (χ0v) is 15.8. The van der Waals surface area contributed by atoms with E-state index in [0.717, 1.165) is 37.4 Å². The lowest BCUT2D eigenvalue weighted by Gasteiger charge is -2.33. The second-order valence-electron chi connectivity index (χ2n) is 7.55. The number of nitrogens with zero attached hydrogens (tertiary/aromatic N) is 2. The van der Waals surface area contributed by atoms with E-state index in [0.29, 0.717) is 18.8 Å². The molecule has 1 aromatic rings. The third kappa shape index (κ3) is 5.70. The van der Waals surface area contributed by atoms with E-state index in [1.54, 1.807) is 7.11 Å². The highest BCUT2D eigenvalue weighted by Gasteiger charge is 2.20. The molecule has 1 amide bonds. The van der Waals surface area contributed by atoms with E-state index in [-0.39, 0.29) is 17.9 Å². The first kappa shape index (κ1) is 19.7. The lowest BCUT2D eigenvalue weighted by molar-refractivity contribution is -0.117. The first-order valence-electron chi connectivity index (χ1n) is 8.87. The van der Waals surface area contributed by atoms with Crippen LogP contribution in [0.25, 0.3) is 0 Å². The number of nitrogens with one attached hydrogen (secondary N) is 1. The highest BCUT2D eigenvalue weighted by molar-refractivity contribution is 5.93. The maximum Gasteiger partial charge on any atom is 0.238 e. The number of piperazine rings is 1. The average Bonchev–Trinajstić information content (AvgIpc) is 2.56. The van der Waals surface area contributed by atoms with Gasteiger partial charge in [-0.25, -0.2) is 0 Å². The summed E-state index contributed by atoms with van der Waals surface area (Å²) in [6.45, 7) is 11.1. The Morgan fingerprint density at radius 1 is 1.20 bits per heavy atom. The Hall–Kier alpha value is -1.63. The van der Waals surface area contributed by atoms with Crippen LogP contribution in [-0.2, 0) is 10.2 Å². The van der Waals surface area contributed by atoms with Crippen LogP contribution in [0.3, 0.4) is 0 Å². The van der Waals surface area contributed by atoms with Crippen molar-refractivity contribution in [2.75, 3.05) is 58.3 Å². The number of anilines is 1. The van der Waals surface area contributed by atoms with Crippen LogP contribution in [0.5, 0.6) is 5.75 Å². The molecule has 1 aliphatic heterocycles. The average molecular weight is 349 g/mol. The van der Waals surface area contributed by atoms with E-state index < -0.39 is 0 Å². The van der Waals surface area contributed by atoms with Crippen molar-refractivity contribution in [2.45, 2.75) is 26.2 Å². The number of benzene rings is 1. The summed E-state index contributed by atoms with van der Waals surface area (Å²) in [7, 11) is 1.61. The molecule has 140 valence electrons. The summed E-state index contributed by atoms with van der Waals surface area (Å²) in [6, 6.07) is 5.94. The number of carbonyl (C=O) groups excluding carboxylic acids is 1. The Morgan fingerprint density at radius 2 is 1.84 bits per heavy atom. The van der Waals surface area contributed by atoms with E-state index in [4.69, 9.17) is 9.84 Å². The fourth-order valence-corrected chi connectivity index (χ4v) is 2.98. The molecule has 0 unspecified atom stereocenters. The smallest absolute Gasteiger partial charge is 0.238 e. The van der Waals surface area contributed by atoms with Gasteiger partial charge in [-0.15, -0.1) is 0 Å². The number of methoxy groups -OCH3 is 1. The van der Waals surface area contributed by atoms with Crippen LogP contribution in [0, 0.1) is 0 Å². The number of carbonyl (C=O) groups is 1. The predicted molar refractivity (Wildman–Crippen MR) is 100 cm³/mol. The van der Waals surface area contributed by atoms with Crippen LogP contribution in [-0.4, -0.2) is 73.8 Å². The number of aliphatic hydroxyl groups excluding tert-OH is 1. The molecule has 2 rings (SSSR count). The molecule has 0 atom stereocenters. The molecule has 2 N–H and O–H groups in total. The first-order valence-corrected chi connectivity index (χ1v) is 8.87. The van der Waals surface area contributed by atoms with Gasteiger partial charge in [0.25, 0.3) is 0 Å². The molecular formula is C19H31N3O3. The number of hydrogen-bond donors (Lipinski definition) is 2. The Kier molecular flexibility index (Phi) is 6.81. The van der Waals surface area contributed by atoms with Crippen molar-refractivity contribution in [1.29, 1.82) is 0 Å². The van der Waals surface area contributed by atoms with E-state index in [2.05, 4.69) is 35.9 Å². The van der Waals surface area contributed by atoms with Crippen LogP contribution in [0.15, 0.2) is 18.2 Å². The monoisotopic (exact) mass is 349 g/mol. The lowest BCUT2D eigenvalue weighted by Crippen LogP contribution is -2.49. The van der Waals surface area contributed by atoms with Gasteiger partial charge in [-0.2, -0.15) is 0 Å². The molecule has 0 aliphatic carbocycles. The summed E-state index contributed by atoms with van der Waals surface area (Å²) in [5, 5.41) is 12.0. The maximum absolute atomic E-state index is 12.5. The Labute approximate surface area is 150 Å². The standard InChI is InChI=1S/C19H31N3O3/c1-19(2,3)15-5-6-17(25-4)16(13-15)20-18(24)14-22-9-7-21(8-10-22)11-12-23/h5-6,13,23H,7-12,14H2,1-4H3,(H,20,24). The molecule has 1 heterocycles. The van der Waals surface area contributed by atoms with Gasteiger partial charge in [-0.1, -0.05) is 26.8 Å². The van der Waals surface area contributed by atoms with Crippen molar-refractivity contribution in [2.24, 2.45) is 0 Å². The van der Waals surface area contributed by atoms with Crippen LogP contribution in [0.1, 0.15) is 26.3 Å². The molecule has 0 saturated carbocycles. The minimum absolute atomic E-state index is 0.00871. The molecule has 1 saturated heterocycles. The maximum atomic E-state index is 12.5. The topological polar surface area (TPSA) is 65.0 Å². The molecule has 0 bridgehead atoms. The molecule has 1 aliphatic rings. The summed E-state index contributed by atoms with van der Waals surface area (Å²) in [6.07, 6.45) is 0. The van der Waals surface area contributed by atoms with Gasteiger partial charge in [0, 0.05) is 32.7 Å². The van der Waals surface area contributed by atoms with E-state index >= 15 is 0 Å². The first-order chi connectivity index (χ1) is 11.8. The van der Waals surface area contributed by atoms with Gasteiger partial charge in [0.05, 0.1) is 25.9 Å². The number of β-amino-alcohol motifs (C(OH)–C–C–N with tert-alkyl or cyclic N) is 1. The van der Waals surface area contributed by atoms with Crippen LogP contribution >= 0.6 is 0 Å². The van der Waals surface area contributed by atoms with Gasteiger partial charge >= 0.3 is 0 Å². The number of amides is 1. The molecule has 25 heavy (non-hydrogen) atoms. The molecule has 6 heteroatoms. The fraction of sp³-hybridized carbons (Fsp3) is 0.632. The zero-order chi connectivity index (χ0) is 18.4. The van der Waals surface area contributed by atoms with Gasteiger partial charge < -0.3 is 15.2 Å². The lowest BCUT2D eigenvalue weighted by atomic mass is 9.87. The zero-order valence-electron chi connectivity index (χ0n) is 15.8. The minimum Gasteiger partial charge on any atom is -0.495 e. The van der Waals surface area contributed by atoms with Crippen LogP contribution in [0.2, 0.25) is 0 Å². The van der Waals surface area contributed by atoms with Gasteiger partial charge in [0.1, 0.15) is 5.75 Å². The highest BCUT2D eigenvalue weighted by Crippen LogP contribution is 2.31. The van der Waals surface area contributed by atoms with Crippen LogP contribution < -0.4 is 10.1 Å². The van der Waals surface area contributed by atoms with Gasteiger partial charge in [-0.05, 0) is 23.1 Å². The summed E-state index contributed by atoms with van der Waals surface area (Å²) in [5.74, 6) is 0.647. The highest BCUT2D eigenvalue weighted by atomic mass is 16.5. The predicted octanol–water partition coefficient (Wildman–Crippen LogP) is 1.54. The number of rotatable bonds is 6. The van der Waals surface area contributed by atoms with Crippen molar-refractivity contribution in [3.05, 3.63) is 23.8 Å². The normalized spacial score (nSPS) is 16.7. The third-order valence-corrected chi connectivity index (χ3v) is 4.59. The molecule has 0 radical (unpaired) electrons. The summed E-state index contributed by atoms with van der Waals surface area (Å²) in [4.78, 5) is 16.8. The van der Waals surface area contributed by atoms with E-state index in [9.17, 15) is 4.79 Å². The van der Waals surface area contributed by atoms with Crippen molar-refractivity contribution in [1.82, 2.24) is 9.80 Å². The van der Waals surface area contributed by atoms with Crippen molar-refractivity contribution in [3.63, 3.8) is 0 Å². The quantitative estimate of drug-likeness (QED) is 0.816. The van der Waals surface area contributed by atoms with Gasteiger partial charge in [-0.3, -0.25) is 14.6 Å². The Balaban J connectivity index is 1.96. The van der Waals surface area contributed by atoms with Crippen LogP contribution in [0.4, 0.5) is 5.69 Å². The van der Waals surface area contributed by atoms with Crippen molar-refractivity contribution >= 4 is 11.6 Å². The molecule has 1 fully saturated rings. The fourth-order valence-electron chi connectivity index (χ4n) is 2.98. The minimum atomic E-state index is -0.0278. The third-order valence-electron chi connectivity index (χ3n) is 4.59. The second kappa shape index (κ2) is 8.65. The number of hydrogen-bond acceptors (Lipinski definition) is 5. The van der Waals surface area contributed by atoms with E-state index in [1.807, 2.05) is 18.2 Å². The van der Waals surface area contributed by atoms with Crippen molar-refractivity contribution in [3.8, 4) is 5.75 Å². The Morgan fingerprint density at radius 3 is 2.40 bits per heavy atom. The molecule has 0 aromatic heterocycles. The van der Waals surface area contributed by atoms with Gasteiger partial charge in [0.15, 0.2) is 0 Å². The summed E-state index contributed by atoms with van der Waals surface area (Å²) >= 11 is 0. The summed E-state index contributed by atoms with van der Waals surface area (Å²) in [5.41, 5.74) is 1.88. The number of ether oxygens (including phenoxy) is 1. The number of aliphatic hydroxyl groups is 1.